The molecule has 0 fully saturated rings. The van der Waals surface area contributed by atoms with Gasteiger partial charge in [-0.3, -0.25) is 0 Å². The summed E-state index contributed by atoms with van der Waals surface area (Å²) in [5, 5.41) is 16.8. The molecule has 2 aromatic rings. The van der Waals surface area contributed by atoms with Crippen molar-refractivity contribution in [2.24, 2.45) is 0 Å². The second-order valence-corrected chi connectivity index (χ2v) is 3.90. The van der Waals surface area contributed by atoms with Crippen LogP contribution in [0.25, 0.3) is 0 Å². The Kier molecular flexibility index (Phi) is 3.01. The van der Waals surface area contributed by atoms with E-state index in [1.165, 1.54) is 11.1 Å². The molecule has 1 heterocycles. The molecule has 0 radical (unpaired) electrons. The summed E-state index contributed by atoms with van der Waals surface area (Å²) in [5.74, 6) is 0.591. The molecule has 0 bridgehead atoms. The summed E-state index contributed by atoms with van der Waals surface area (Å²) in [6, 6.07) is 8.46. The second kappa shape index (κ2) is 4.45. The van der Waals surface area contributed by atoms with E-state index < -0.39 is 0 Å². The zero-order valence-corrected chi connectivity index (χ0v) is 9.46. The molecule has 0 aliphatic carbocycles. The van der Waals surface area contributed by atoms with E-state index in [1.807, 2.05) is 4.57 Å². The van der Waals surface area contributed by atoms with Gasteiger partial charge in [-0.05, 0) is 19.4 Å². The molecule has 1 aromatic carbocycles. The van der Waals surface area contributed by atoms with Gasteiger partial charge in [0.2, 0.25) is 0 Å². The Morgan fingerprint density at radius 2 is 2.00 bits per heavy atom. The van der Waals surface area contributed by atoms with Gasteiger partial charge in [-0.2, -0.15) is 0 Å². The van der Waals surface area contributed by atoms with Gasteiger partial charge in [0.15, 0.2) is 5.82 Å². The van der Waals surface area contributed by atoms with Crippen LogP contribution in [0.3, 0.4) is 0 Å². The van der Waals surface area contributed by atoms with Crippen LogP contribution in [0.15, 0.2) is 30.6 Å². The largest absolute Gasteiger partial charge is 0.388 e. The van der Waals surface area contributed by atoms with E-state index >= 15 is 0 Å². The summed E-state index contributed by atoms with van der Waals surface area (Å²) < 4.78 is 1.88. The van der Waals surface area contributed by atoms with E-state index in [4.69, 9.17) is 5.11 Å². The summed E-state index contributed by atoms with van der Waals surface area (Å²) in [5.41, 5.74) is 2.42. The minimum Gasteiger partial charge on any atom is -0.388 e. The molecule has 2 rings (SSSR count). The number of aliphatic hydroxyl groups excluding tert-OH is 1. The zero-order chi connectivity index (χ0) is 11.5. The van der Waals surface area contributed by atoms with Crippen molar-refractivity contribution in [1.82, 2.24) is 14.8 Å². The Labute approximate surface area is 94.6 Å². The molecule has 4 nitrogen and oxygen atoms in total. The number of aromatic nitrogens is 3. The van der Waals surface area contributed by atoms with Crippen molar-refractivity contribution in [2.75, 3.05) is 0 Å². The normalized spacial score (nSPS) is 12.7. The number of hydrogen-bond donors (Lipinski definition) is 1. The average Bonchev–Trinajstić information content (AvgIpc) is 2.77. The van der Waals surface area contributed by atoms with Crippen LogP contribution in [-0.2, 0) is 6.61 Å². The standard InChI is InChI=1S/C12H15N3O/c1-9-3-5-11(6-4-9)10(2)15-8-13-14-12(15)7-16/h3-6,8,10,16H,7H2,1-2H3. The van der Waals surface area contributed by atoms with Gasteiger partial charge in [-0.1, -0.05) is 29.8 Å². The zero-order valence-electron chi connectivity index (χ0n) is 9.46. The first-order chi connectivity index (χ1) is 7.72. The molecule has 0 saturated carbocycles. The second-order valence-electron chi connectivity index (χ2n) is 3.90. The molecule has 0 saturated heterocycles. The predicted molar refractivity (Wildman–Crippen MR) is 60.9 cm³/mol. The van der Waals surface area contributed by atoms with E-state index in [0.717, 1.165) is 0 Å². The molecule has 1 atom stereocenters. The van der Waals surface area contributed by atoms with Crippen molar-refractivity contribution in [3.63, 3.8) is 0 Å². The van der Waals surface area contributed by atoms with Crippen molar-refractivity contribution >= 4 is 0 Å². The number of aryl methyl sites for hydroxylation is 1. The Bertz CT molecular complexity index is 461. The molecule has 0 amide bonds. The fourth-order valence-electron chi connectivity index (χ4n) is 1.71. The van der Waals surface area contributed by atoms with Crippen molar-refractivity contribution in [3.05, 3.63) is 47.5 Å². The molecule has 1 aromatic heterocycles. The molecule has 0 aliphatic heterocycles. The molecular formula is C12H15N3O. The van der Waals surface area contributed by atoms with Gasteiger partial charge in [-0.25, -0.2) is 0 Å². The molecule has 4 heteroatoms. The molecule has 0 aliphatic rings. The lowest BCUT2D eigenvalue weighted by Gasteiger charge is -2.15. The Morgan fingerprint density at radius 3 is 2.62 bits per heavy atom. The van der Waals surface area contributed by atoms with E-state index in [0.29, 0.717) is 5.82 Å². The molecule has 1 unspecified atom stereocenters. The summed E-state index contributed by atoms with van der Waals surface area (Å²) in [6.07, 6.45) is 1.65. The van der Waals surface area contributed by atoms with E-state index in [-0.39, 0.29) is 12.6 Å². The van der Waals surface area contributed by atoms with Gasteiger partial charge in [0.1, 0.15) is 12.9 Å². The molecule has 0 spiro atoms. The van der Waals surface area contributed by atoms with Crippen LogP contribution in [0.5, 0.6) is 0 Å². The van der Waals surface area contributed by atoms with Crippen LogP contribution >= 0.6 is 0 Å². The number of rotatable bonds is 3. The summed E-state index contributed by atoms with van der Waals surface area (Å²) in [6.45, 7) is 4.04. The van der Waals surface area contributed by atoms with Crippen LogP contribution in [0.4, 0.5) is 0 Å². The highest BCUT2D eigenvalue weighted by Crippen LogP contribution is 2.19. The van der Waals surface area contributed by atoms with Gasteiger partial charge < -0.3 is 9.67 Å². The lowest BCUT2D eigenvalue weighted by atomic mass is 10.1. The first-order valence-corrected chi connectivity index (χ1v) is 5.28. The smallest absolute Gasteiger partial charge is 0.159 e. The third-order valence-electron chi connectivity index (χ3n) is 2.77. The monoisotopic (exact) mass is 217 g/mol. The van der Waals surface area contributed by atoms with Gasteiger partial charge in [0.25, 0.3) is 0 Å². The first-order valence-electron chi connectivity index (χ1n) is 5.28. The minimum atomic E-state index is -0.0871. The predicted octanol–water partition coefficient (Wildman–Crippen LogP) is 1.69. The van der Waals surface area contributed by atoms with Crippen LogP contribution in [-0.4, -0.2) is 19.9 Å². The van der Waals surface area contributed by atoms with Gasteiger partial charge in [0.05, 0.1) is 6.04 Å². The van der Waals surface area contributed by atoms with Gasteiger partial charge in [-0.15, -0.1) is 10.2 Å². The van der Waals surface area contributed by atoms with E-state index in [9.17, 15) is 0 Å². The minimum absolute atomic E-state index is 0.0871. The van der Waals surface area contributed by atoms with Crippen molar-refractivity contribution in [2.45, 2.75) is 26.5 Å². The Balaban J connectivity index is 2.31. The third kappa shape index (κ3) is 1.97. The fourth-order valence-corrected chi connectivity index (χ4v) is 1.71. The summed E-state index contributed by atoms with van der Waals surface area (Å²) in [4.78, 5) is 0. The highest BCUT2D eigenvalue weighted by molar-refractivity contribution is 5.24. The van der Waals surface area contributed by atoms with Crippen LogP contribution in [0, 0.1) is 6.92 Å². The number of hydrogen-bond acceptors (Lipinski definition) is 3. The van der Waals surface area contributed by atoms with Gasteiger partial charge >= 0.3 is 0 Å². The van der Waals surface area contributed by atoms with Crippen LogP contribution in [0.2, 0.25) is 0 Å². The summed E-state index contributed by atoms with van der Waals surface area (Å²) in [7, 11) is 0. The third-order valence-corrected chi connectivity index (χ3v) is 2.77. The summed E-state index contributed by atoms with van der Waals surface area (Å²) >= 11 is 0. The Hall–Kier alpha value is -1.68. The Morgan fingerprint density at radius 1 is 1.31 bits per heavy atom. The molecule has 84 valence electrons. The quantitative estimate of drug-likeness (QED) is 0.851. The number of nitrogens with zero attached hydrogens (tertiary/aromatic N) is 3. The maximum Gasteiger partial charge on any atom is 0.159 e. The topological polar surface area (TPSA) is 50.9 Å². The van der Waals surface area contributed by atoms with E-state index in [1.54, 1.807) is 6.33 Å². The van der Waals surface area contributed by atoms with E-state index in [2.05, 4.69) is 48.3 Å². The van der Waals surface area contributed by atoms with Crippen LogP contribution in [0.1, 0.15) is 29.9 Å². The molecular weight excluding hydrogens is 202 g/mol. The number of aliphatic hydroxyl groups is 1. The highest BCUT2D eigenvalue weighted by Gasteiger charge is 2.11. The maximum atomic E-state index is 9.12. The average molecular weight is 217 g/mol. The number of benzene rings is 1. The molecule has 1 N–H and O–H groups in total. The highest BCUT2D eigenvalue weighted by atomic mass is 16.3. The lowest BCUT2D eigenvalue weighted by Crippen LogP contribution is -2.09. The fraction of sp³-hybridized carbons (Fsp3) is 0.333. The van der Waals surface area contributed by atoms with Crippen molar-refractivity contribution < 1.29 is 5.11 Å². The van der Waals surface area contributed by atoms with Gasteiger partial charge in [0, 0.05) is 0 Å². The molecule has 16 heavy (non-hydrogen) atoms. The maximum absolute atomic E-state index is 9.12. The van der Waals surface area contributed by atoms with Crippen molar-refractivity contribution in [1.29, 1.82) is 0 Å². The van der Waals surface area contributed by atoms with Crippen LogP contribution < -0.4 is 0 Å². The first kappa shape index (κ1) is 10.8. The SMILES string of the molecule is Cc1ccc(C(C)n2cnnc2CO)cc1. The lowest BCUT2D eigenvalue weighted by molar-refractivity contribution is 0.263. The van der Waals surface area contributed by atoms with Crippen molar-refractivity contribution in [3.8, 4) is 0 Å².